The summed E-state index contributed by atoms with van der Waals surface area (Å²) in [6, 6.07) is 7.57. The summed E-state index contributed by atoms with van der Waals surface area (Å²) in [7, 11) is 0. The van der Waals surface area contributed by atoms with Crippen molar-refractivity contribution in [3.63, 3.8) is 0 Å². The lowest BCUT2D eigenvalue weighted by Gasteiger charge is -2.05. The van der Waals surface area contributed by atoms with Gasteiger partial charge >= 0.3 is 0 Å². The highest BCUT2D eigenvalue weighted by atomic mass is 35.5. The molecule has 1 aromatic carbocycles. The number of ether oxygens (including phenoxy) is 1. The second-order valence-corrected chi connectivity index (χ2v) is 6.57. The predicted molar refractivity (Wildman–Crippen MR) is 94.8 cm³/mol. The van der Waals surface area contributed by atoms with Gasteiger partial charge in [0.15, 0.2) is 0 Å². The second-order valence-electron chi connectivity index (χ2n) is 5.08. The van der Waals surface area contributed by atoms with Gasteiger partial charge in [-0.05, 0) is 37.3 Å². The summed E-state index contributed by atoms with van der Waals surface area (Å²) in [5, 5.41) is 3.30. The Labute approximate surface area is 152 Å². The minimum atomic E-state index is -0.538. The van der Waals surface area contributed by atoms with Crippen LogP contribution in [-0.2, 0) is 6.61 Å². The number of aryl methyl sites for hydroxylation is 1. The van der Waals surface area contributed by atoms with E-state index in [0.29, 0.717) is 27.0 Å². The summed E-state index contributed by atoms with van der Waals surface area (Å²) in [6.45, 7) is 1.99. The van der Waals surface area contributed by atoms with Gasteiger partial charge in [0.1, 0.15) is 28.1 Å². The SMILES string of the molecule is Cc1nc(COc2cccnc2)sc1C(=O)Nc1ccc(F)c(Cl)c1. The van der Waals surface area contributed by atoms with E-state index in [9.17, 15) is 9.18 Å². The second kappa shape index (κ2) is 7.58. The van der Waals surface area contributed by atoms with Crippen LogP contribution >= 0.6 is 22.9 Å². The highest BCUT2D eigenvalue weighted by Gasteiger charge is 2.16. The van der Waals surface area contributed by atoms with Gasteiger partial charge in [0.05, 0.1) is 16.9 Å². The molecule has 0 radical (unpaired) electrons. The van der Waals surface area contributed by atoms with E-state index < -0.39 is 5.82 Å². The van der Waals surface area contributed by atoms with Gasteiger partial charge < -0.3 is 10.1 Å². The molecule has 0 aliphatic rings. The molecule has 2 aromatic heterocycles. The first-order valence-corrected chi connectivity index (χ1v) is 8.48. The van der Waals surface area contributed by atoms with Crippen molar-refractivity contribution in [3.05, 3.63) is 69.1 Å². The number of carbonyl (C=O) groups is 1. The standard InChI is InChI=1S/C17H13ClFN3O2S/c1-10-16(17(23)22-11-4-5-14(19)13(18)7-11)25-15(21-10)9-24-12-3-2-6-20-8-12/h2-8H,9H2,1H3,(H,22,23). The maximum Gasteiger partial charge on any atom is 0.267 e. The van der Waals surface area contributed by atoms with Gasteiger partial charge in [0.25, 0.3) is 5.91 Å². The molecule has 5 nitrogen and oxygen atoms in total. The van der Waals surface area contributed by atoms with Crippen molar-refractivity contribution < 1.29 is 13.9 Å². The molecular formula is C17H13ClFN3O2S. The van der Waals surface area contributed by atoms with Crippen LogP contribution < -0.4 is 10.1 Å². The molecule has 0 atom stereocenters. The fourth-order valence-electron chi connectivity index (χ4n) is 2.06. The summed E-state index contributed by atoms with van der Waals surface area (Å²) >= 11 is 6.96. The summed E-state index contributed by atoms with van der Waals surface area (Å²) in [6.07, 6.45) is 3.26. The molecule has 0 spiro atoms. The van der Waals surface area contributed by atoms with Gasteiger partial charge in [0.2, 0.25) is 0 Å². The molecule has 0 aliphatic heterocycles. The first kappa shape index (κ1) is 17.3. The third-order valence-electron chi connectivity index (χ3n) is 3.22. The number of carbonyl (C=O) groups excluding carboxylic acids is 1. The Balaban J connectivity index is 1.68. The van der Waals surface area contributed by atoms with Gasteiger partial charge in [-0.2, -0.15) is 0 Å². The Morgan fingerprint density at radius 3 is 2.96 bits per heavy atom. The number of aromatic nitrogens is 2. The van der Waals surface area contributed by atoms with Crippen molar-refractivity contribution in [1.29, 1.82) is 0 Å². The molecule has 0 bridgehead atoms. The number of anilines is 1. The van der Waals surface area contributed by atoms with E-state index in [0.717, 1.165) is 0 Å². The number of thiazole rings is 1. The largest absolute Gasteiger partial charge is 0.485 e. The van der Waals surface area contributed by atoms with E-state index in [1.165, 1.54) is 29.5 Å². The van der Waals surface area contributed by atoms with Crippen LogP contribution in [0, 0.1) is 12.7 Å². The molecule has 128 valence electrons. The zero-order chi connectivity index (χ0) is 17.8. The number of benzene rings is 1. The zero-order valence-electron chi connectivity index (χ0n) is 13.1. The Morgan fingerprint density at radius 1 is 1.40 bits per heavy atom. The number of nitrogens with zero attached hydrogens (tertiary/aromatic N) is 2. The lowest BCUT2D eigenvalue weighted by atomic mass is 10.3. The summed E-state index contributed by atoms with van der Waals surface area (Å²) in [5.41, 5.74) is 1.01. The summed E-state index contributed by atoms with van der Waals surface area (Å²) < 4.78 is 18.8. The van der Waals surface area contributed by atoms with Crippen molar-refractivity contribution >= 4 is 34.5 Å². The van der Waals surface area contributed by atoms with Crippen LogP contribution in [0.4, 0.5) is 10.1 Å². The van der Waals surface area contributed by atoms with Crippen LogP contribution in [0.2, 0.25) is 5.02 Å². The van der Waals surface area contributed by atoms with Crippen LogP contribution in [0.3, 0.4) is 0 Å². The number of rotatable bonds is 5. The molecule has 0 fully saturated rings. The lowest BCUT2D eigenvalue weighted by molar-refractivity contribution is 0.103. The van der Waals surface area contributed by atoms with Crippen LogP contribution in [0.5, 0.6) is 5.75 Å². The van der Waals surface area contributed by atoms with E-state index in [-0.39, 0.29) is 17.5 Å². The topological polar surface area (TPSA) is 64.1 Å². The number of pyridine rings is 1. The van der Waals surface area contributed by atoms with Gasteiger partial charge in [0, 0.05) is 11.9 Å². The van der Waals surface area contributed by atoms with Crippen LogP contribution in [0.25, 0.3) is 0 Å². The summed E-state index contributed by atoms with van der Waals surface area (Å²) in [4.78, 5) is 21.2. The highest BCUT2D eigenvalue weighted by Crippen LogP contribution is 2.23. The van der Waals surface area contributed by atoms with E-state index >= 15 is 0 Å². The van der Waals surface area contributed by atoms with Crippen molar-refractivity contribution in [2.45, 2.75) is 13.5 Å². The minimum absolute atomic E-state index is 0.0515. The Morgan fingerprint density at radius 2 is 2.24 bits per heavy atom. The van der Waals surface area contributed by atoms with Crippen molar-refractivity contribution in [2.75, 3.05) is 5.32 Å². The fourth-order valence-corrected chi connectivity index (χ4v) is 3.12. The molecule has 1 amide bonds. The van der Waals surface area contributed by atoms with Crippen LogP contribution in [0.15, 0.2) is 42.7 Å². The monoisotopic (exact) mass is 377 g/mol. The van der Waals surface area contributed by atoms with Gasteiger partial charge in [-0.3, -0.25) is 9.78 Å². The normalized spacial score (nSPS) is 10.5. The quantitative estimate of drug-likeness (QED) is 0.712. The predicted octanol–water partition coefficient (Wildman–Crippen LogP) is 4.47. The first-order chi connectivity index (χ1) is 12.0. The Bertz CT molecular complexity index is 902. The van der Waals surface area contributed by atoms with Crippen LogP contribution in [0.1, 0.15) is 20.4 Å². The molecule has 0 saturated carbocycles. The van der Waals surface area contributed by atoms with E-state index in [1.54, 1.807) is 31.5 Å². The number of amides is 1. The molecule has 0 unspecified atom stereocenters. The number of hydrogen-bond donors (Lipinski definition) is 1. The number of nitrogens with one attached hydrogen (secondary N) is 1. The van der Waals surface area contributed by atoms with Crippen molar-refractivity contribution in [2.24, 2.45) is 0 Å². The van der Waals surface area contributed by atoms with E-state index in [1.807, 2.05) is 0 Å². The first-order valence-electron chi connectivity index (χ1n) is 7.28. The summed E-state index contributed by atoms with van der Waals surface area (Å²) in [5.74, 6) is -0.240. The number of hydrogen-bond acceptors (Lipinski definition) is 5. The third kappa shape index (κ3) is 4.32. The molecule has 3 rings (SSSR count). The molecule has 2 heterocycles. The number of halogens is 2. The molecule has 1 N–H and O–H groups in total. The molecule has 3 aromatic rings. The van der Waals surface area contributed by atoms with Gasteiger partial charge in [-0.25, -0.2) is 9.37 Å². The van der Waals surface area contributed by atoms with Gasteiger partial charge in [-0.15, -0.1) is 11.3 Å². The van der Waals surface area contributed by atoms with Crippen molar-refractivity contribution in [3.8, 4) is 5.75 Å². The molecule has 25 heavy (non-hydrogen) atoms. The van der Waals surface area contributed by atoms with E-state index in [2.05, 4.69) is 15.3 Å². The van der Waals surface area contributed by atoms with Crippen LogP contribution in [-0.4, -0.2) is 15.9 Å². The maximum atomic E-state index is 13.2. The molecule has 0 saturated heterocycles. The fraction of sp³-hybridized carbons (Fsp3) is 0.118. The molecule has 8 heteroatoms. The van der Waals surface area contributed by atoms with Crippen molar-refractivity contribution in [1.82, 2.24) is 9.97 Å². The average molecular weight is 378 g/mol. The lowest BCUT2D eigenvalue weighted by Crippen LogP contribution is -2.11. The Kier molecular flexibility index (Phi) is 5.25. The maximum absolute atomic E-state index is 13.2. The third-order valence-corrected chi connectivity index (χ3v) is 4.64. The molecular weight excluding hydrogens is 365 g/mol. The Hall–Kier alpha value is -2.51. The zero-order valence-corrected chi connectivity index (χ0v) is 14.7. The van der Waals surface area contributed by atoms with E-state index in [4.69, 9.17) is 16.3 Å². The molecule has 0 aliphatic carbocycles. The smallest absolute Gasteiger partial charge is 0.267 e. The average Bonchev–Trinajstić information content (AvgIpc) is 2.98. The van der Waals surface area contributed by atoms with Gasteiger partial charge in [-0.1, -0.05) is 11.6 Å². The minimum Gasteiger partial charge on any atom is -0.485 e. The highest BCUT2D eigenvalue weighted by molar-refractivity contribution is 7.13.